The summed E-state index contributed by atoms with van der Waals surface area (Å²) in [6, 6.07) is 7.05. The molecule has 28 heavy (non-hydrogen) atoms. The van der Waals surface area contributed by atoms with Crippen LogP contribution in [0.5, 0.6) is 5.75 Å². The molecule has 1 N–H and O–H groups in total. The minimum Gasteiger partial charge on any atom is -0.496 e. The quantitative estimate of drug-likeness (QED) is 0.826. The smallest absolute Gasteiger partial charge is 0.407 e. The molecule has 1 unspecified atom stereocenters. The monoisotopic (exact) mass is 405 g/mol. The van der Waals surface area contributed by atoms with Gasteiger partial charge in [-0.05, 0) is 38.0 Å². The number of likely N-dealkylation sites (tertiary alicyclic amines) is 1. The highest BCUT2D eigenvalue weighted by Gasteiger charge is 2.28. The van der Waals surface area contributed by atoms with E-state index in [0.717, 1.165) is 18.5 Å². The van der Waals surface area contributed by atoms with Gasteiger partial charge in [-0.25, -0.2) is 4.79 Å². The van der Waals surface area contributed by atoms with Crippen molar-refractivity contribution >= 4 is 23.6 Å². The van der Waals surface area contributed by atoms with Crippen LogP contribution in [-0.4, -0.2) is 54.3 Å². The molecule has 1 atom stereocenters. The zero-order chi connectivity index (χ0) is 20.1. The Morgan fingerprint density at radius 1 is 1.29 bits per heavy atom. The van der Waals surface area contributed by atoms with Crippen LogP contribution in [0.2, 0.25) is 5.02 Å². The summed E-state index contributed by atoms with van der Waals surface area (Å²) in [7, 11) is 1.53. The minimum atomic E-state index is -0.460. The number of methoxy groups -OCH3 is 1. The van der Waals surface area contributed by atoms with Crippen molar-refractivity contribution in [3.63, 3.8) is 0 Å². The average Bonchev–Trinajstić information content (AvgIpc) is 3.22. The molecular formula is C20H24ClN3O4. The Balaban J connectivity index is 1.79. The maximum absolute atomic E-state index is 13.1. The highest BCUT2D eigenvalue weighted by molar-refractivity contribution is 6.33. The van der Waals surface area contributed by atoms with Crippen LogP contribution >= 0.6 is 11.6 Å². The summed E-state index contributed by atoms with van der Waals surface area (Å²) in [5.74, 6) is 0.284. The molecule has 0 radical (unpaired) electrons. The van der Waals surface area contributed by atoms with Gasteiger partial charge in [-0.1, -0.05) is 11.6 Å². The number of nitrogens with one attached hydrogen (secondary N) is 1. The third-order valence-electron chi connectivity index (χ3n) is 4.69. The van der Waals surface area contributed by atoms with Crippen molar-refractivity contribution in [2.24, 2.45) is 0 Å². The standard InChI is InChI=1S/C20H24ClN3O4/c1-3-28-20(26)22-14-7-6-10-24(13-14)19(25)15-11-16(21)17(12-18(15)27-2)23-8-4-5-9-23/h4-5,8-9,11-12,14H,3,6-7,10,13H2,1-2H3,(H,22,26). The molecule has 1 saturated heterocycles. The summed E-state index contributed by atoms with van der Waals surface area (Å²) in [5, 5.41) is 3.27. The Morgan fingerprint density at radius 2 is 2.04 bits per heavy atom. The third kappa shape index (κ3) is 4.42. The van der Waals surface area contributed by atoms with Gasteiger partial charge < -0.3 is 24.3 Å². The molecule has 2 heterocycles. The predicted octanol–water partition coefficient (Wildman–Crippen LogP) is 3.49. The first-order valence-electron chi connectivity index (χ1n) is 9.27. The summed E-state index contributed by atoms with van der Waals surface area (Å²) < 4.78 is 12.3. The fourth-order valence-electron chi connectivity index (χ4n) is 3.36. The van der Waals surface area contributed by atoms with E-state index in [1.807, 2.05) is 29.1 Å². The van der Waals surface area contributed by atoms with E-state index in [1.165, 1.54) is 7.11 Å². The summed E-state index contributed by atoms with van der Waals surface area (Å²) >= 11 is 6.44. The summed E-state index contributed by atoms with van der Waals surface area (Å²) in [6.45, 7) is 3.09. The lowest BCUT2D eigenvalue weighted by Crippen LogP contribution is -2.49. The second-order valence-corrected chi connectivity index (χ2v) is 6.96. The summed E-state index contributed by atoms with van der Waals surface area (Å²) in [4.78, 5) is 26.5. The second-order valence-electron chi connectivity index (χ2n) is 6.55. The van der Waals surface area contributed by atoms with Gasteiger partial charge in [0.25, 0.3) is 5.91 Å². The largest absolute Gasteiger partial charge is 0.496 e. The molecule has 2 amide bonds. The van der Waals surface area contributed by atoms with Gasteiger partial charge in [0.1, 0.15) is 5.75 Å². The number of amides is 2. The van der Waals surface area contributed by atoms with E-state index in [9.17, 15) is 9.59 Å². The van der Waals surface area contributed by atoms with Crippen molar-refractivity contribution in [2.45, 2.75) is 25.8 Å². The van der Waals surface area contributed by atoms with Crippen molar-refractivity contribution in [3.8, 4) is 11.4 Å². The Hall–Kier alpha value is -2.67. The molecule has 1 aliphatic heterocycles. The first-order chi connectivity index (χ1) is 13.5. The molecule has 1 aromatic carbocycles. The van der Waals surface area contributed by atoms with Gasteiger partial charge in [0.2, 0.25) is 0 Å². The predicted molar refractivity (Wildman–Crippen MR) is 106 cm³/mol. The fraction of sp³-hybridized carbons (Fsp3) is 0.400. The normalized spacial score (nSPS) is 16.5. The van der Waals surface area contributed by atoms with Gasteiger partial charge in [-0.2, -0.15) is 0 Å². The molecule has 0 spiro atoms. The number of carbonyl (C=O) groups excluding carboxylic acids is 2. The maximum Gasteiger partial charge on any atom is 0.407 e. The molecule has 1 fully saturated rings. The number of piperidine rings is 1. The molecule has 8 heteroatoms. The molecule has 0 saturated carbocycles. The topological polar surface area (TPSA) is 72.8 Å². The van der Waals surface area contributed by atoms with Crippen LogP contribution in [0.4, 0.5) is 4.79 Å². The number of hydrogen-bond donors (Lipinski definition) is 1. The molecule has 3 rings (SSSR count). The number of hydrogen-bond acceptors (Lipinski definition) is 4. The molecule has 0 bridgehead atoms. The Kier molecular flexibility index (Phi) is 6.46. The van der Waals surface area contributed by atoms with Crippen molar-refractivity contribution in [1.82, 2.24) is 14.8 Å². The number of rotatable bonds is 5. The van der Waals surface area contributed by atoms with Crippen LogP contribution < -0.4 is 10.1 Å². The average molecular weight is 406 g/mol. The number of halogens is 1. The Labute approximate surface area is 169 Å². The minimum absolute atomic E-state index is 0.141. The van der Waals surface area contributed by atoms with Crippen molar-refractivity contribution in [2.75, 3.05) is 26.8 Å². The van der Waals surface area contributed by atoms with E-state index in [2.05, 4.69) is 5.32 Å². The zero-order valence-electron chi connectivity index (χ0n) is 16.0. The van der Waals surface area contributed by atoms with Crippen LogP contribution in [0.15, 0.2) is 36.7 Å². The van der Waals surface area contributed by atoms with E-state index in [0.29, 0.717) is 36.0 Å². The van der Waals surface area contributed by atoms with E-state index >= 15 is 0 Å². The van der Waals surface area contributed by atoms with E-state index in [1.54, 1.807) is 24.0 Å². The van der Waals surface area contributed by atoms with E-state index in [-0.39, 0.29) is 11.9 Å². The highest BCUT2D eigenvalue weighted by atomic mass is 35.5. The summed E-state index contributed by atoms with van der Waals surface area (Å²) in [6.07, 6.45) is 4.88. The Morgan fingerprint density at radius 3 is 2.71 bits per heavy atom. The molecule has 150 valence electrons. The van der Waals surface area contributed by atoms with E-state index < -0.39 is 6.09 Å². The Bertz CT molecular complexity index is 838. The molecular weight excluding hydrogens is 382 g/mol. The van der Waals surface area contributed by atoms with Gasteiger partial charge in [0.05, 0.1) is 30.0 Å². The van der Waals surface area contributed by atoms with E-state index in [4.69, 9.17) is 21.1 Å². The number of aromatic nitrogens is 1. The van der Waals surface area contributed by atoms with Crippen LogP contribution in [0.25, 0.3) is 5.69 Å². The van der Waals surface area contributed by atoms with Crippen molar-refractivity contribution in [3.05, 3.63) is 47.2 Å². The van der Waals surface area contributed by atoms with Crippen LogP contribution in [0.3, 0.4) is 0 Å². The zero-order valence-corrected chi connectivity index (χ0v) is 16.7. The number of benzene rings is 1. The number of nitrogens with zero attached hydrogens (tertiary/aromatic N) is 2. The number of ether oxygens (including phenoxy) is 2. The third-order valence-corrected chi connectivity index (χ3v) is 4.99. The van der Waals surface area contributed by atoms with Gasteiger partial charge >= 0.3 is 6.09 Å². The van der Waals surface area contributed by atoms with Crippen LogP contribution in [0, 0.1) is 0 Å². The molecule has 1 aliphatic rings. The highest BCUT2D eigenvalue weighted by Crippen LogP contribution is 2.31. The first kappa shape index (κ1) is 20.1. The van der Waals surface area contributed by atoms with Crippen molar-refractivity contribution in [1.29, 1.82) is 0 Å². The van der Waals surface area contributed by atoms with Gasteiger partial charge in [-0.15, -0.1) is 0 Å². The molecule has 0 aliphatic carbocycles. The van der Waals surface area contributed by atoms with Gasteiger partial charge in [0.15, 0.2) is 0 Å². The van der Waals surface area contributed by atoms with Crippen LogP contribution in [-0.2, 0) is 4.74 Å². The van der Waals surface area contributed by atoms with Gasteiger partial charge in [0, 0.05) is 37.6 Å². The second kappa shape index (κ2) is 9.01. The lowest BCUT2D eigenvalue weighted by molar-refractivity contribution is 0.0683. The lowest BCUT2D eigenvalue weighted by atomic mass is 10.0. The number of alkyl carbamates (subject to hydrolysis) is 1. The van der Waals surface area contributed by atoms with Gasteiger partial charge in [-0.3, -0.25) is 4.79 Å². The lowest BCUT2D eigenvalue weighted by Gasteiger charge is -2.33. The SMILES string of the molecule is CCOC(=O)NC1CCCN(C(=O)c2cc(Cl)c(-n3cccc3)cc2OC)C1. The molecule has 7 nitrogen and oxygen atoms in total. The fourth-order valence-corrected chi connectivity index (χ4v) is 3.62. The summed E-state index contributed by atoms with van der Waals surface area (Å²) in [5.41, 5.74) is 1.14. The first-order valence-corrected chi connectivity index (χ1v) is 9.64. The number of carbonyl (C=O) groups is 2. The van der Waals surface area contributed by atoms with Crippen LogP contribution in [0.1, 0.15) is 30.1 Å². The molecule has 1 aromatic heterocycles. The molecule has 2 aromatic rings. The van der Waals surface area contributed by atoms with Crippen molar-refractivity contribution < 1.29 is 19.1 Å². The maximum atomic E-state index is 13.1.